The first-order valence-corrected chi connectivity index (χ1v) is 9.31. The van der Waals surface area contributed by atoms with Crippen molar-refractivity contribution >= 4 is 11.9 Å². The Kier molecular flexibility index (Phi) is 6.37. The minimum atomic E-state index is -0.234. The summed E-state index contributed by atoms with van der Waals surface area (Å²) in [5.74, 6) is 1.22. The summed E-state index contributed by atoms with van der Waals surface area (Å²) < 4.78 is 11.5. The second-order valence-electron chi connectivity index (χ2n) is 6.89. The lowest BCUT2D eigenvalue weighted by atomic mass is 10.1. The number of rotatable bonds is 6. The van der Waals surface area contributed by atoms with Crippen LogP contribution >= 0.6 is 0 Å². The highest BCUT2D eigenvalue weighted by molar-refractivity contribution is 5.94. The molecule has 2 aromatic rings. The highest BCUT2D eigenvalue weighted by Gasteiger charge is 2.21. The molecule has 7 heteroatoms. The van der Waals surface area contributed by atoms with E-state index in [-0.39, 0.29) is 24.1 Å². The number of hydrogen-bond acceptors (Lipinski definition) is 4. The maximum Gasteiger partial charge on any atom is 0.315 e. The number of benzene rings is 2. The zero-order valence-corrected chi connectivity index (χ0v) is 16.0. The second-order valence-corrected chi connectivity index (χ2v) is 6.89. The molecule has 148 valence electrons. The van der Waals surface area contributed by atoms with Gasteiger partial charge in [0, 0.05) is 18.2 Å². The number of nitrogens with one attached hydrogen (secondary N) is 3. The van der Waals surface area contributed by atoms with E-state index in [0.29, 0.717) is 31.0 Å². The zero-order chi connectivity index (χ0) is 19.9. The monoisotopic (exact) mass is 383 g/mol. The number of hydrogen-bond donors (Lipinski definition) is 3. The Morgan fingerprint density at radius 3 is 2.46 bits per heavy atom. The van der Waals surface area contributed by atoms with Gasteiger partial charge in [0.2, 0.25) is 0 Å². The van der Waals surface area contributed by atoms with Crippen LogP contribution in [-0.4, -0.2) is 37.2 Å². The Balaban J connectivity index is 1.45. The van der Waals surface area contributed by atoms with Crippen molar-refractivity contribution in [1.82, 2.24) is 16.0 Å². The third kappa shape index (κ3) is 5.39. The van der Waals surface area contributed by atoms with Crippen LogP contribution in [0.25, 0.3) is 0 Å². The molecular formula is C21H25N3O4. The fraction of sp³-hybridized carbons (Fsp3) is 0.333. The Morgan fingerprint density at radius 2 is 1.75 bits per heavy atom. The minimum Gasteiger partial charge on any atom is -0.486 e. The van der Waals surface area contributed by atoms with E-state index in [4.69, 9.17) is 9.47 Å². The first-order valence-electron chi connectivity index (χ1n) is 9.31. The molecule has 0 fully saturated rings. The van der Waals surface area contributed by atoms with E-state index >= 15 is 0 Å². The molecule has 1 aliphatic heterocycles. The van der Waals surface area contributed by atoms with Crippen LogP contribution in [0, 0.1) is 0 Å². The number of amides is 3. The van der Waals surface area contributed by atoms with Crippen molar-refractivity contribution in [2.75, 3.05) is 13.2 Å². The van der Waals surface area contributed by atoms with Gasteiger partial charge in [-0.15, -0.1) is 0 Å². The van der Waals surface area contributed by atoms with Crippen molar-refractivity contribution < 1.29 is 19.1 Å². The molecule has 0 saturated heterocycles. The highest BCUT2D eigenvalue weighted by atomic mass is 16.6. The molecule has 3 rings (SSSR count). The summed E-state index contributed by atoms with van der Waals surface area (Å²) in [4.78, 5) is 24.0. The summed E-state index contributed by atoms with van der Waals surface area (Å²) in [5.41, 5.74) is 1.46. The van der Waals surface area contributed by atoms with Gasteiger partial charge in [-0.1, -0.05) is 24.3 Å². The third-order valence-electron chi connectivity index (χ3n) is 4.15. The smallest absolute Gasteiger partial charge is 0.315 e. The molecule has 1 heterocycles. The van der Waals surface area contributed by atoms with Crippen molar-refractivity contribution in [3.63, 3.8) is 0 Å². The molecule has 0 unspecified atom stereocenters. The van der Waals surface area contributed by atoms with Crippen LogP contribution < -0.4 is 25.4 Å². The third-order valence-corrected chi connectivity index (χ3v) is 4.15. The Hall–Kier alpha value is -3.22. The van der Waals surface area contributed by atoms with Gasteiger partial charge in [0.15, 0.2) is 11.5 Å². The molecule has 28 heavy (non-hydrogen) atoms. The molecule has 2 aromatic carbocycles. The SMILES string of the molecule is CC(C)NC(=O)NCc1ccc(C(=O)NC[C@H]2COc3ccccc3O2)cc1. The number of ether oxygens (including phenoxy) is 2. The summed E-state index contributed by atoms with van der Waals surface area (Å²) in [5, 5.41) is 8.40. The number of carbonyl (C=O) groups is 2. The number of fused-ring (bicyclic) bond motifs is 1. The van der Waals surface area contributed by atoms with E-state index in [1.54, 1.807) is 12.1 Å². The topological polar surface area (TPSA) is 88.7 Å². The number of para-hydroxylation sites is 2. The summed E-state index contributed by atoms with van der Waals surface area (Å²) in [6, 6.07) is 14.4. The van der Waals surface area contributed by atoms with E-state index in [1.807, 2.05) is 50.2 Å². The van der Waals surface area contributed by atoms with Crippen LogP contribution in [0.3, 0.4) is 0 Å². The maximum absolute atomic E-state index is 12.3. The summed E-state index contributed by atoms with van der Waals surface area (Å²) in [6.45, 7) is 4.94. The number of carbonyl (C=O) groups excluding carboxylic acids is 2. The molecule has 0 aromatic heterocycles. The van der Waals surface area contributed by atoms with Crippen molar-refractivity contribution in [2.24, 2.45) is 0 Å². The lowest BCUT2D eigenvalue weighted by Crippen LogP contribution is -2.40. The van der Waals surface area contributed by atoms with Gasteiger partial charge < -0.3 is 25.4 Å². The van der Waals surface area contributed by atoms with Crippen molar-refractivity contribution in [2.45, 2.75) is 32.5 Å². The van der Waals surface area contributed by atoms with E-state index in [1.165, 1.54) is 0 Å². The Bertz CT molecular complexity index is 821. The average molecular weight is 383 g/mol. The van der Waals surface area contributed by atoms with Crippen LogP contribution in [0.15, 0.2) is 48.5 Å². The molecule has 0 aliphatic carbocycles. The van der Waals surface area contributed by atoms with Crippen molar-refractivity contribution in [3.05, 3.63) is 59.7 Å². The first kappa shape index (κ1) is 19.5. The standard InChI is InChI=1S/C21H25N3O4/c1-14(2)24-21(26)23-11-15-7-9-16(10-8-15)20(25)22-12-17-13-27-18-5-3-4-6-19(18)28-17/h3-10,14,17H,11-13H2,1-2H3,(H,22,25)(H2,23,24,26)/t17-/m0/s1. The van der Waals surface area contributed by atoms with E-state index in [9.17, 15) is 9.59 Å². The number of urea groups is 1. The molecule has 0 spiro atoms. The fourth-order valence-corrected chi connectivity index (χ4v) is 2.74. The Labute approximate surface area is 164 Å². The largest absolute Gasteiger partial charge is 0.486 e. The lowest BCUT2D eigenvalue weighted by Gasteiger charge is -2.26. The van der Waals surface area contributed by atoms with Gasteiger partial charge in [-0.25, -0.2) is 4.79 Å². The molecule has 0 bridgehead atoms. The maximum atomic E-state index is 12.3. The van der Waals surface area contributed by atoms with Gasteiger partial charge in [0.1, 0.15) is 12.7 Å². The van der Waals surface area contributed by atoms with Crippen LogP contribution in [0.2, 0.25) is 0 Å². The van der Waals surface area contributed by atoms with Gasteiger partial charge >= 0.3 is 6.03 Å². The van der Waals surface area contributed by atoms with Gasteiger partial charge in [0.25, 0.3) is 5.91 Å². The van der Waals surface area contributed by atoms with E-state index < -0.39 is 0 Å². The van der Waals surface area contributed by atoms with Gasteiger partial charge in [-0.2, -0.15) is 0 Å². The van der Waals surface area contributed by atoms with E-state index in [2.05, 4.69) is 16.0 Å². The quantitative estimate of drug-likeness (QED) is 0.715. The molecule has 3 N–H and O–H groups in total. The summed E-state index contributed by atoms with van der Waals surface area (Å²) >= 11 is 0. The van der Waals surface area contributed by atoms with Crippen LogP contribution in [0.4, 0.5) is 4.79 Å². The predicted molar refractivity (Wildman–Crippen MR) is 106 cm³/mol. The zero-order valence-electron chi connectivity index (χ0n) is 16.0. The van der Waals surface area contributed by atoms with Crippen LogP contribution in [-0.2, 0) is 6.54 Å². The molecule has 0 saturated carbocycles. The molecule has 7 nitrogen and oxygen atoms in total. The van der Waals surface area contributed by atoms with Gasteiger partial charge in [-0.05, 0) is 43.7 Å². The molecule has 1 aliphatic rings. The minimum absolute atomic E-state index is 0.0816. The van der Waals surface area contributed by atoms with Crippen molar-refractivity contribution in [1.29, 1.82) is 0 Å². The predicted octanol–water partition coefficient (Wildman–Crippen LogP) is 2.46. The van der Waals surface area contributed by atoms with Gasteiger partial charge in [0.05, 0.1) is 6.54 Å². The Morgan fingerprint density at radius 1 is 1.04 bits per heavy atom. The van der Waals surface area contributed by atoms with Crippen LogP contribution in [0.1, 0.15) is 29.8 Å². The molecule has 3 amide bonds. The average Bonchev–Trinajstić information content (AvgIpc) is 2.70. The van der Waals surface area contributed by atoms with E-state index in [0.717, 1.165) is 11.3 Å². The molecule has 0 radical (unpaired) electrons. The van der Waals surface area contributed by atoms with Gasteiger partial charge in [-0.3, -0.25) is 4.79 Å². The van der Waals surface area contributed by atoms with Crippen molar-refractivity contribution in [3.8, 4) is 11.5 Å². The fourth-order valence-electron chi connectivity index (χ4n) is 2.74. The highest BCUT2D eigenvalue weighted by Crippen LogP contribution is 2.30. The normalized spacial score (nSPS) is 15.0. The lowest BCUT2D eigenvalue weighted by molar-refractivity contribution is 0.0789. The molecule has 1 atom stereocenters. The summed E-state index contributed by atoms with van der Waals surface area (Å²) in [6.07, 6.45) is -0.234. The first-order chi connectivity index (χ1) is 13.5. The molecular weight excluding hydrogens is 358 g/mol. The summed E-state index contributed by atoms with van der Waals surface area (Å²) in [7, 11) is 0. The second kappa shape index (κ2) is 9.12. The van der Waals surface area contributed by atoms with Crippen LogP contribution in [0.5, 0.6) is 11.5 Å².